The molecule has 1 aromatic carbocycles. The minimum absolute atomic E-state index is 0.440. The summed E-state index contributed by atoms with van der Waals surface area (Å²) in [6, 6.07) is 3.81. The first-order valence-electron chi connectivity index (χ1n) is 5.14. The second-order valence-electron chi connectivity index (χ2n) is 3.40. The van der Waals surface area contributed by atoms with Crippen LogP contribution in [0.1, 0.15) is 5.56 Å². The first-order valence-corrected chi connectivity index (χ1v) is 5.14. The van der Waals surface area contributed by atoms with E-state index in [0.29, 0.717) is 37.7 Å². The average molecular weight is 225 g/mol. The molecule has 0 unspecified atom stereocenters. The Morgan fingerprint density at radius 2 is 2.12 bits per heavy atom. The smallest absolute Gasteiger partial charge is 0.203 e. The van der Waals surface area contributed by atoms with E-state index >= 15 is 0 Å². The van der Waals surface area contributed by atoms with Crippen molar-refractivity contribution < 1.29 is 19.0 Å². The van der Waals surface area contributed by atoms with Crippen molar-refractivity contribution in [2.45, 2.75) is 6.42 Å². The van der Waals surface area contributed by atoms with E-state index in [1.165, 1.54) is 0 Å². The third-order valence-corrected chi connectivity index (χ3v) is 2.44. The van der Waals surface area contributed by atoms with E-state index in [-0.39, 0.29) is 0 Å². The van der Waals surface area contributed by atoms with Crippen LogP contribution in [0.25, 0.3) is 0 Å². The fourth-order valence-electron chi connectivity index (χ4n) is 1.72. The molecule has 0 fully saturated rings. The summed E-state index contributed by atoms with van der Waals surface area (Å²) in [4.78, 5) is 4.56. The average Bonchev–Trinajstić information content (AvgIpc) is 2.35. The van der Waals surface area contributed by atoms with Gasteiger partial charge in [-0.3, -0.25) is 0 Å². The molecule has 0 atom stereocenters. The van der Waals surface area contributed by atoms with Crippen molar-refractivity contribution in [1.29, 1.82) is 0 Å². The normalized spacial score (nSPS) is 13.6. The molecule has 0 bridgehead atoms. The number of methoxy groups -OCH3 is 1. The molecule has 0 spiro atoms. The van der Waals surface area contributed by atoms with E-state index in [1.54, 1.807) is 7.11 Å². The highest BCUT2D eigenvalue weighted by atomic mass is 16.6. The lowest BCUT2D eigenvalue weighted by Crippen LogP contribution is -2.16. The number of fused-ring (bicyclic) bond motifs is 1. The first kappa shape index (κ1) is 11.0. The van der Waals surface area contributed by atoms with Crippen molar-refractivity contribution in [2.24, 2.45) is 5.90 Å². The Morgan fingerprint density at radius 1 is 1.31 bits per heavy atom. The van der Waals surface area contributed by atoms with Crippen molar-refractivity contribution in [1.82, 2.24) is 0 Å². The van der Waals surface area contributed by atoms with Crippen molar-refractivity contribution in [2.75, 3.05) is 26.9 Å². The van der Waals surface area contributed by atoms with Gasteiger partial charge in [-0.05, 0) is 6.07 Å². The molecule has 1 heterocycles. The second kappa shape index (κ2) is 5.05. The number of hydrogen-bond acceptors (Lipinski definition) is 5. The SMILES string of the molecule is COc1c(CCON)ccc2c1OCCO2. The van der Waals surface area contributed by atoms with Gasteiger partial charge in [0.2, 0.25) is 5.75 Å². The van der Waals surface area contributed by atoms with Crippen LogP contribution in [0.5, 0.6) is 17.2 Å². The van der Waals surface area contributed by atoms with Crippen LogP contribution >= 0.6 is 0 Å². The van der Waals surface area contributed by atoms with Crippen LogP contribution in [-0.4, -0.2) is 26.9 Å². The van der Waals surface area contributed by atoms with Gasteiger partial charge in [-0.25, -0.2) is 5.90 Å². The van der Waals surface area contributed by atoms with E-state index in [0.717, 1.165) is 11.3 Å². The largest absolute Gasteiger partial charge is 0.492 e. The summed E-state index contributed by atoms with van der Waals surface area (Å²) < 4.78 is 16.3. The molecule has 0 amide bonds. The molecular weight excluding hydrogens is 210 g/mol. The van der Waals surface area contributed by atoms with Crippen LogP contribution in [0, 0.1) is 0 Å². The van der Waals surface area contributed by atoms with Gasteiger partial charge < -0.3 is 19.0 Å². The minimum Gasteiger partial charge on any atom is -0.492 e. The molecule has 1 aromatic rings. The standard InChI is InChI=1S/C11H15NO4/c1-13-10-8(4-5-16-12)2-3-9-11(10)15-7-6-14-9/h2-3H,4-7,12H2,1H3. The number of hydrogen-bond donors (Lipinski definition) is 1. The zero-order valence-electron chi connectivity index (χ0n) is 9.19. The highest BCUT2D eigenvalue weighted by Crippen LogP contribution is 2.41. The molecule has 0 saturated carbocycles. The van der Waals surface area contributed by atoms with Crippen molar-refractivity contribution >= 4 is 0 Å². The van der Waals surface area contributed by atoms with Gasteiger partial charge >= 0.3 is 0 Å². The van der Waals surface area contributed by atoms with Crippen molar-refractivity contribution in [3.63, 3.8) is 0 Å². The van der Waals surface area contributed by atoms with Gasteiger partial charge in [-0.1, -0.05) is 6.07 Å². The van der Waals surface area contributed by atoms with Gasteiger partial charge in [0, 0.05) is 12.0 Å². The molecule has 0 radical (unpaired) electrons. The Labute approximate surface area is 94.0 Å². The van der Waals surface area contributed by atoms with Crippen molar-refractivity contribution in [3.8, 4) is 17.2 Å². The van der Waals surface area contributed by atoms with E-state index in [4.69, 9.17) is 20.1 Å². The zero-order chi connectivity index (χ0) is 11.4. The van der Waals surface area contributed by atoms with Crippen LogP contribution in [0.4, 0.5) is 0 Å². The highest BCUT2D eigenvalue weighted by Gasteiger charge is 2.19. The lowest BCUT2D eigenvalue weighted by molar-refractivity contribution is 0.139. The molecular formula is C11H15NO4. The van der Waals surface area contributed by atoms with Gasteiger partial charge in [0.1, 0.15) is 13.2 Å². The van der Waals surface area contributed by atoms with E-state index < -0.39 is 0 Å². The van der Waals surface area contributed by atoms with Gasteiger partial charge in [0.05, 0.1) is 13.7 Å². The summed E-state index contributed by atoms with van der Waals surface area (Å²) in [6.45, 7) is 1.55. The molecule has 2 rings (SSSR count). The predicted molar refractivity (Wildman–Crippen MR) is 57.8 cm³/mol. The fraction of sp³-hybridized carbons (Fsp3) is 0.455. The third kappa shape index (κ3) is 2.05. The molecule has 0 aliphatic carbocycles. The Bertz CT molecular complexity index is 367. The van der Waals surface area contributed by atoms with Crippen LogP contribution in [0.3, 0.4) is 0 Å². The van der Waals surface area contributed by atoms with E-state index in [2.05, 4.69) is 4.84 Å². The number of benzene rings is 1. The lowest BCUT2D eigenvalue weighted by atomic mass is 10.1. The summed E-state index contributed by atoms with van der Waals surface area (Å²) in [5.74, 6) is 7.10. The van der Waals surface area contributed by atoms with Crippen LogP contribution in [0.2, 0.25) is 0 Å². The predicted octanol–water partition coefficient (Wildman–Crippen LogP) is 0.899. The molecule has 1 aliphatic rings. The molecule has 0 saturated heterocycles. The second-order valence-corrected chi connectivity index (χ2v) is 3.40. The molecule has 5 nitrogen and oxygen atoms in total. The van der Waals surface area contributed by atoms with E-state index in [1.807, 2.05) is 12.1 Å². The molecule has 2 N–H and O–H groups in total. The number of rotatable bonds is 4. The summed E-state index contributed by atoms with van der Waals surface area (Å²) >= 11 is 0. The lowest BCUT2D eigenvalue weighted by Gasteiger charge is -2.22. The fourth-order valence-corrected chi connectivity index (χ4v) is 1.72. The van der Waals surface area contributed by atoms with Crippen LogP contribution < -0.4 is 20.1 Å². The number of nitrogens with two attached hydrogens (primary N) is 1. The van der Waals surface area contributed by atoms with Crippen molar-refractivity contribution in [3.05, 3.63) is 17.7 Å². The minimum atomic E-state index is 0.440. The number of ether oxygens (including phenoxy) is 3. The van der Waals surface area contributed by atoms with Gasteiger partial charge in [0.25, 0.3) is 0 Å². The summed E-state index contributed by atoms with van der Waals surface area (Å²) in [6.07, 6.45) is 0.677. The first-order chi connectivity index (χ1) is 7.86. The Kier molecular flexibility index (Phi) is 3.48. The maximum absolute atomic E-state index is 5.54. The van der Waals surface area contributed by atoms with Crippen LogP contribution in [0.15, 0.2) is 12.1 Å². The van der Waals surface area contributed by atoms with Gasteiger partial charge in [0.15, 0.2) is 11.5 Å². The molecule has 16 heavy (non-hydrogen) atoms. The molecule has 88 valence electrons. The quantitative estimate of drug-likeness (QED) is 0.771. The monoisotopic (exact) mass is 225 g/mol. The topological polar surface area (TPSA) is 62.9 Å². The highest BCUT2D eigenvalue weighted by molar-refractivity contribution is 5.56. The van der Waals surface area contributed by atoms with E-state index in [9.17, 15) is 0 Å². The summed E-state index contributed by atoms with van der Waals surface area (Å²) in [5, 5.41) is 0. The van der Waals surface area contributed by atoms with Crippen LogP contribution in [-0.2, 0) is 11.3 Å². The molecule has 1 aliphatic heterocycles. The zero-order valence-corrected chi connectivity index (χ0v) is 9.19. The Hall–Kier alpha value is -1.46. The molecule has 5 heteroatoms. The summed E-state index contributed by atoms with van der Waals surface area (Å²) in [5.41, 5.74) is 0.997. The van der Waals surface area contributed by atoms with Gasteiger partial charge in [-0.15, -0.1) is 0 Å². The maximum atomic E-state index is 5.54. The Balaban J connectivity index is 2.31. The maximum Gasteiger partial charge on any atom is 0.203 e. The third-order valence-electron chi connectivity index (χ3n) is 2.44. The molecule has 0 aromatic heterocycles. The van der Waals surface area contributed by atoms with Gasteiger partial charge in [-0.2, -0.15) is 0 Å². The Morgan fingerprint density at radius 3 is 2.88 bits per heavy atom. The summed E-state index contributed by atoms with van der Waals surface area (Å²) in [7, 11) is 1.61.